The van der Waals surface area contributed by atoms with Gasteiger partial charge in [-0.25, -0.2) is 0 Å². The minimum atomic E-state index is -1.70. The highest BCUT2D eigenvalue weighted by Gasteiger charge is 2.38. The fraction of sp³-hybridized carbons (Fsp3) is 1.00. The first-order valence-electron chi connectivity index (χ1n) is 17.0. The van der Waals surface area contributed by atoms with Gasteiger partial charge in [0, 0.05) is 33.5 Å². The van der Waals surface area contributed by atoms with E-state index in [0.29, 0.717) is 39.6 Å². The fourth-order valence-corrected chi connectivity index (χ4v) is 5.76. The lowest BCUT2D eigenvalue weighted by Crippen LogP contribution is -2.41. The quantitative estimate of drug-likeness (QED) is 0.0684. The molecular formula is C38H92O8Si2. The van der Waals surface area contributed by atoms with E-state index in [-0.39, 0.29) is 64.0 Å². The normalized spacial score (nSPS) is 13.2. The minimum Gasteiger partial charge on any atom is -0.414 e. The lowest BCUT2D eigenvalue weighted by Gasteiger charge is -2.36. The number of epoxide rings is 1. The van der Waals surface area contributed by atoms with Crippen LogP contribution in [0.3, 0.4) is 0 Å². The Morgan fingerprint density at radius 2 is 0.896 bits per heavy atom. The van der Waals surface area contributed by atoms with Crippen LogP contribution in [0.2, 0.25) is 36.3 Å². The van der Waals surface area contributed by atoms with Gasteiger partial charge in [-0.05, 0) is 73.8 Å². The molecule has 1 aliphatic rings. The maximum absolute atomic E-state index is 8.68. The molecule has 0 unspecified atom stereocenters. The standard InChI is InChI=1S/C24H54O5Si2.C8H18O2.C2H4O.4CH4/c1-13-24(25-8,14-16-26-18-20-28-30(9,10)22(2,3)4)15-17-27-19-21-29-31(11,12)23(5,6)7;1-3-8(2,4-6-9)5-7-10;1-2-3-1;;;;/h13-21H2,1-12H3;9-10H,3-7H2,1-2H3;1-2H2;4*1H4. The first-order chi connectivity index (χ1) is 20.2. The average Bonchev–Trinajstić information content (AvgIpc) is 3.81. The highest BCUT2D eigenvalue weighted by Crippen LogP contribution is 2.37. The zero-order valence-corrected chi connectivity index (χ0v) is 33.7. The van der Waals surface area contributed by atoms with Gasteiger partial charge in [0.1, 0.15) is 0 Å². The third-order valence-electron chi connectivity index (χ3n) is 9.96. The monoisotopic (exact) mass is 733 g/mol. The van der Waals surface area contributed by atoms with E-state index in [1.165, 1.54) is 0 Å². The molecular weight excluding hydrogens is 641 g/mol. The van der Waals surface area contributed by atoms with Gasteiger partial charge in [-0.15, -0.1) is 0 Å². The summed E-state index contributed by atoms with van der Waals surface area (Å²) in [5, 5.41) is 17.8. The van der Waals surface area contributed by atoms with Crippen LogP contribution in [0, 0.1) is 5.41 Å². The van der Waals surface area contributed by atoms with Gasteiger partial charge in [0.25, 0.3) is 0 Å². The Morgan fingerprint density at radius 1 is 0.562 bits per heavy atom. The summed E-state index contributed by atoms with van der Waals surface area (Å²) in [5.41, 5.74) is -0.0515. The van der Waals surface area contributed by atoms with E-state index in [1.807, 2.05) is 0 Å². The molecule has 48 heavy (non-hydrogen) atoms. The van der Waals surface area contributed by atoms with Crippen molar-refractivity contribution >= 4 is 16.6 Å². The number of ether oxygens (including phenoxy) is 4. The van der Waals surface area contributed by atoms with Crippen LogP contribution in [-0.2, 0) is 27.8 Å². The molecule has 1 fully saturated rings. The SMILES string of the molecule is C.C.C.C.C1CO1.CCC(C)(CCO)CCO.CCC(CCOCCO[Si](C)(C)C(C)(C)C)(CCOCCO[Si](C)(C)C(C)(C)C)OC. The number of aliphatic hydroxyl groups is 2. The molecule has 0 atom stereocenters. The summed E-state index contributed by atoms with van der Waals surface area (Å²) in [4.78, 5) is 0. The molecule has 10 heteroatoms. The molecule has 2 N–H and O–H groups in total. The average molecular weight is 733 g/mol. The Hall–Kier alpha value is 0.114. The van der Waals surface area contributed by atoms with E-state index in [0.717, 1.165) is 51.7 Å². The number of hydrogen-bond acceptors (Lipinski definition) is 8. The van der Waals surface area contributed by atoms with Gasteiger partial charge in [0.15, 0.2) is 16.6 Å². The van der Waals surface area contributed by atoms with Gasteiger partial charge < -0.3 is 38.0 Å². The Kier molecular flexibility index (Phi) is 37.2. The van der Waals surface area contributed by atoms with Crippen LogP contribution in [0.25, 0.3) is 0 Å². The van der Waals surface area contributed by atoms with Crippen molar-refractivity contribution in [3.05, 3.63) is 0 Å². The second kappa shape index (κ2) is 29.7. The molecule has 0 bridgehead atoms. The van der Waals surface area contributed by atoms with E-state index >= 15 is 0 Å². The lowest BCUT2D eigenvalue weighted by atomic mass is 9.81. The van der Waals surface area contributed by atoms with E-state index in [4.69, 9.17) is 33.3 Å². The summed E-state index contributed by atoms with van der Waals surface area (Å²) in [7, 11) is -1.60. The van der Waals surface area contributed by atoms with Crippen molar-refractivity contribution in [3.63, 3.8) is 0 Å². The van der Waals surface area contributed by atoms with Gasteiger partial charge in [-0.1, -0.05) is 98.4 Å². The Bertz CT molecular complexity index is 636. The van der Waals surface area contributed by atoms with E-state index in [2.05, 4.69) is 93.2 Å². The molecule has 1 heterocycles. The van der Waals surface area contributed by atoms with Crippen molar-refractivity contribution in [2.75, 3.05) is 73.2 Å². The molecule has 0 spiro atoms. The van der Waals surface area contributed by atoms with Crippen molar-refractivity contribution in [2.24, 2.45) is 5.41 Å². The maximum Gasteiger partial charge on any atom is 0.192 e. The Labute approximate surface area is 305 Å². The number of hydrogen-bond donors (Lipinski definition) is 2. The molecule has 0 radical (unpaired) electrons. The van der Waals surface area contributed by atoms with Crippen LogP contribution < -0.4 is 0 Å². The molecule has 300 valence electrons. The predicted octanol–water partition coefficient (Wildman–Crippen LogP) is 10.4. The summed E-state index contributed by atoms with van der Waals surface area (Å²) >= 11 is 0. The van der Waals surface area contributed by atoms with Crippen LogP contribution in [0.5, 0.6) is 0 Å². The number of rotatable bonds is 21. The van der Waals surface area contributed by atoms with Gasteiger partial charge >= 0.3 is 0 Å². The Morgan fingerprint density at radius 3 is 1.10 bits per heavy atom. The van der Waals surface area contributed by atoms with Crippen molar-refractivity contribution in [1.82, 2.24) is 0 Å². The van der Waals surface area contributed by atoms with Crippen LogP contribution in [-0.4, -0.2) is 106 Å². The smallest absolute Gasteiger partial charge is 0.192 e. The third-order valence-corrected chi connectivity index (χ3v) is 19.0. The summed E-state index contributed by atoms with van der Waals surface area (Å²) in [5.74, 6) is 0. The molecule has 0 aromatic heterocycles. The molecule has 0 aromatic rings. The van der Waals surface area contributed by atoms with Crippen LogP contribution in [0.1, 0.15) is 131 Å². The Balaban J connectivity index is -0.000000217. The van der Waals surface area contributed by atoms with Crippen molar-refractivity contribution in [3.8, 4) is 0 Å². The van der Waals surface area contributed by atoms with Gasteiger partial charge in [-0.3, -0.25) is 0 Å². The predicted molar refractivity (Wildman–Crippen MR) is 217 cm³/mol. The van der Waals surface area contributed by atoms with Crippen molar-refractivity contribution in [2.45, 2.75) is 172 Å². The minimum absolute atomic E-state index is 0. The zero-order valence-electron chi connectivity index (χ0n) is 31.7. The van der Waals surface area contributed by atoms with Gasteiger partial charge in [-0.2, -0.15) is 0 Å². The first-order valence-corrected chi connectivity index (χ1v) is 22.8. The van der Waals surface area contributed by atoms with E-state index in [1.54, 1.807) is 7.11 Å². The summed E-state index contributed by atoms with van der Waals surface area (Å²) in [6.07, 6.45) is 5.28. The molecule has 0 amide bonds. The van der Waals surface area contributed by atoms with Gasteiger partial charge in [0.2, 0.25) is 0 Å². The highest BCUT2D eigenvalue weighted by molar-refractivity contribution is 6.74. The van der Waals surface area contributed by atoms with Crippen molar-refractivity contribution < 1.29 is 38.0 Å². The summed E-state index contributed by atoms with van der Waals surface area (Å²) in [6.45, 7) is 35.4. The maximum atomic E-state index is 8.68. The van der Waals surface area contributed by atoms with Crippen LogP contribution >= 0.6 is 0 Å². The second-order valence-corrected chi connectivity index (χ2v) is 25.0. The van der Waals surface area contributed by atoms with Gasteiger partial charge in [0.05, 0.1) is 45.2 Å². The number of aliphatic hydroxyl groups excluding tert-OH is 2. The first kappa shape index (κ1) is 60.2. The topological polar surface area (TPSA) is 99.1 Å². The largest absolute Gasteiger partial charge is 0.414 e. The molecule has 1 rings (SSSR count). The summed E-state index contributed by atoms with van der Waals surface area (Å²) in [6, 6.07) is 0. The molecule has 1 saturated heterocycles. The van der Waals surface area contributed by atoms with Crippen LogP contribution in [0.4, 0.5) is 0 Å². The number of methoxy groups -OCH3 is 1. The lowest BCUT2D eigenvalue weighted by molar-refractivity contribution is -0.0639. The molecule has 0 saturated carbocycles. The van der Waals surface area contributed by atoms with Crippen molar-refractivity contribution in [1.29, 1.82) is 0 Å². The van der Waals surface area contributed by atoms with Crippen LogP contribution in [0.15, 0.2) is 0 Å². The molecule has 0 aliphatic carbocycles. The molecule has 8 nitrogen and oxygen atoms in total. The molecule has 0 aromatic carbocycles. The van der Waals surface area contributed by atoms with E-state index < -0.39 is 16.6 Å². The fourth-order valence-electron chi connectivity index (χ4n) is 3.71. The summed E-state index contributed by atoms with van der Waals surface area (Å²) < 4.78 is 34.5. The molecule has 1 aliphatic heterocycles. The zero-order chi connectivity index (χ0) is 34.6. The second-order valence-electron chi connectivity index (χ2n) is 15.4. The third kappa shape index (κ3) is 27.8. The highest BCUT2D eigenvalue weighted by atomic mass is 28.4. The van der Waals surface area contributed by atoms with E-state index in [9.17, 15) is 0 Å².